The van der Waals surface area contributed by atoms with Crippen LogP contribution in [0.1, 0.15) is 60.1 Å². The minimum atomic E-state index is 0. The zero-order chi connectivity index (χ0) is 18.7. The maximum absolute atomic E-state index is 2.46. The first kappa shape index (κ1) is 19.4. The van der Waals surface area contributed by atoms with E-state index in [-0.39, 0.29) is 18.3 Å². The first-order valence-electron chi connectivity index (χ1n) is 9.56. The van der Waals surface area contributed by atoms with Crippen molar-refractivity contribution in [3.8, 4) is 0 Å². The fourth-order valence-electron chi connectivity index (χ4n) is 4.19. The van der Waals surface area contributed by atoms with Crippen molar-refractivity contribution in [2.45, 2.75) is 59.8 Å². The summed E-state index contributed by atoms with van der Waals surface area (Å²) in [6, 6.07) is 22.6. The molecule has 0 heterocycles. The van der Waals surface area contributed by atoms with Gasteiger partial charge in [0.15, 0.2) is 0 Å². The Balaban J connectivity index is 0.00000210. The summed E-state index contributed by atoms with van der Waals surface area (Å²) in [5.41, 5.74) is 3.14. The molecule has 0 saturated heterocycles. The van der Waals surface area contributed by atoms with Crippen LogP contribution in [-0.4, -0.2) is 0 Å². The SMILES string of the molecule is C.CC(C)(C)c1cc2c3ccccc3c3ccccc3c2cc1C(C)(C)C. The summed E-state index contributed by atoms with van der Waals surface area (Å²) >= 11 is 0. The van der Waals surface area contributed by atoms with Crippen LogP contribution in [0.25, 0.3) is 32.3 Å². The Morgan fingerprint density at radius 1 is 0.444 bits per heavy atom. The fourth-order valence-corrected chi connectivity index (χ4v) is 4.19. The molecule has 0 atom stereocenters. The molecule has 0 aliphatic carbocycles. The Morgan fingerprint density at radius 3 is 0.963 bits per heavy atom. The fraction of sp³-hybridized carbons (Fsp3) is 0.333. The van der Waals surface area contributed by atoms with Crippen LogP contribution in [0, 0.1) is 0 Å². The average Bonchev–Trinajstić information content (AvgIpc) is 2.59. The van der Waals surface area contributed by atoms with Crippen molar-refractivity contribution in [2.24, 2.45) is 0 Å². The quantitative estimate of drug-likeness (QED) is 0.277. The van der Waals surface area contributed by atoms with Crippen LogP contribution in [0.4, 0.5) is 0 Å². The predicted octanol–water partition coefficient (Wildman–Crippen LogP) is 8.38. The third kappa shape index (κ3) is 3.12. The highest BCUT2D eigenvalue weighted by Crippen LogP contribution is 2.41. The van der Waals surface area contributed by atoms with Gasteiger partial charge < -0.3 is 0 Å². The van der Waals surface area contributed by atoms with Crippen LogP contribution < -0.4 is 0 Å². The van der Waals surface area contributed by atoms with Gasteiger partial charge in [0.25, 0.3) is 0 Å². The molecule has 0 aliphatic rings. The molecular formula is C27H32. The van der Waals surface area contributed by atoms with Gasteiger partial charge in [0, 0.05) is 0 Å². The van der Waals surface area contributed by atoms with Gasteiger partial charge in [0.05, 0.1) is 0 Å². The van der Waals surface area contributed by atoms with E-state index in [0.717, 1.165) is 0 Å². The number of fused-ring (bicyclic) bond motifs is 6. The zero-order valence-corrected chi connectivity index (χ0v) is 16.8. The maximum Gasteiger partial charge on any atom is -0.00958 e. The van der Waals surface area contributed by atoms with E-state index in [1.165, 1.54) is 43.4 Å². The Labute approximate surface area is 164 Å². The molecule has 0 amide bonds. The molecule has 0 unspecified atom stereocenters. The minimum absolute atomic E-state index is 0. The molecule has 140 valence electrons. The molecule has 0 aliphatic heterocycles. The standard InChI is InChI=1S/C26H28.CH4/c1-25(2,3)23-15-21-19-13-9-7-11-17(19)18-12-8-10-14-20(18)22(21)16-24(23)26(4,5)6;/h7-16H,1-6H3;1H4. The summed E-state index contributed by atoms with van der Waals surface area (Å²) in [7, 11) is 0. The van der Waals surface area contributed by atoms with E-state index in [2.05, 4.69) is 102 Å². The molecule has 0 bridgehead atoms. The largest absolute Gasteiger partial charge is 0.0776 e. The molecular weight excluding hydrogens is 324 g/mol. The second-order valence-corrected chi connectivity index (χ2v) is 9.53. The Bertz CT molecular complexity index is 1040. The van der Waals surface area contributed by atoms with Gasteiger partial charge in [-0.2, -0.15) is 0 Å². The van der Waals surface area contributed by atoms with Crippen LogP contribution in [0.15, 0.2) is 60.7 Å². The molecule has 0 nitrogen and oxygen atoms in total. The molecule has 0 N–H and O–H groups in total. The highest BCUT2D eigenvalue weighted by atomic mass is 14.3. The van der Waals surface area contributed by atoms with Crippen molar-refractivity contribution in [3.63, 3.8) is 0 Å². The normalized spacial score (nSPS) is 12.5. The van der Waals surface area contributed by atoms with E-state index < -0.39 is 0 Å². The van der Waals surface area contributed by atoms with Crippen molar-refractivity contribution < 1.29 is 0 Å². The van der Waals surface area contributed by atoms with Gasteiger partial charge in [-0.05, 0) is 66.4 Å². The molecule has 4 rings (SSSR count). The minimum Gasteiger partial charge on any atom is -0.0776 e. The Hall–Kier alpha value is -2.34. The maximum atomic E-state index is 2.46. The van der Waals surface area contributed by atoms with Crippen molar-refractivity contribution in [2.75, 3.05) is 0 Å². The molecule has 0 aromatic heterocycles. The zero-order valence-electron chi connectivity index (χ0n) is 16.8. The number of hydrogen-bond acceptors (Lipinski definition) is 0. The average molecular weight is 357 g/mol. The molecule has 0 fully saturated rings. The van der Waals surface area contributed by atoms with E-state index in [1.807, 2.05) is 0 Å². The van der Waals surface area contributed by atoms with E-state index in [0.29, 0.717) is 0 Å². The third-order valence-corrected chi connectivity index (χ3v) is 5.50. The molecule has 0 radical (unpaired) electrons. The van der Waals surface area contributed by atoms with Crippen molar-refractivity contribution in [1.82, 2.24) is 0 Å². The van der Waals surface area contributed by atoms with Crippen LogP contribution in [-0.2, 0) is 10.8 Å². The lowest BCUT2D eigenvalue weighted by Crippen LogP contribution is -2.22. The molecule has 27 heavy (non-hydrogen) atoms. The summed E-state index contributed by atoms with van der Waals surface area (Å²) in [6.45, 7) is 14.0. The lowest BCUT2D eigenvalue weighted by molar-refractivity contribution is 0.531. The lowest BCUT2D eigenvalue weighted by Gasteiger charge is -2.31. The predicted molar refractivity (Wildman–Crippen MR) is 123 cm³/mol. The summed E-state index contributed by atoms with van der Waals surface area (Å²) in [4.78, 5) is 0. The smallest absolute Gasteiger partial charge is 0.00958 e. The van der Waals surface area contributed by atoms with Gasteiger partial charge in [-0.25, -0.2) is 0 Å². The van der Waals surface area contributed by atoms with Crippen molar-refractivity contribution in [3.05, 3.63) is 71.8 Å². The monoisotopic (exact) mass is 356 g/mol. The highest BCUT2D eigenvalue weighted by molar-refractivity contribution is 6.25. The van der Waals surface area contributed by atoms with Crippen molar-refractivity contribution in [1.29, 1.82) is 0 Å². The summed E-state index contributed by atoms with van der Waals surface area (Å²) in [5, 5.41) is 8.15. The van der Waals surface area contributed by atoms with E-state index in [4.69, 9.17) is 0 Å². The topological polar surface area (TPSA) is 0 Å². The van der Waals surface area contributed by atoms with Gasteiger partial charge in [0.1, 0.15) is 0 Å². The van der Waals surface area contributed by atoms with E-state index in [9.17, 15) is 0 Å². The second-order valence-electron chi connectivity index (χ2n) is 9.53. The van der Waals surface area contributed by atoms with Gasteiger partial charge >= 0.3 is 0 Å². The lowest BCUT2D eigenvalue weighted by atomic mass is 9.73. The van der Waals surface area contributed by atoms with Crippen LogP contribution in [0.2, 0.25) is 0 Å². The summed E-state index contributed by atoms with van der Waals surface area (Å²) in [6.07, 6.45) is 0. The number of hydrogen-bond donors (Lipinski definition) is 0. The molecule has 4 aromatic carbocycles. The highest BCUT2D eigenvalue weighted by Gasteiger charge is 2.26. The van der Waals surface area contributed by atoms with Crippen LogP contribution in [0.5, 0.6) is 0 Å². The third-order valence-electron chi connectivity index (χ3n) is 5.50. The van der Waals surface area contributed by atoms with Gasteiger partial charge in [-0.15, -0.1) is 0 Å². The van der Waals surface area contributed by atoms with Crippen LogP contribution in [0.3, 0.4) is 0 Å². The number of benzene rings is 4. The van der Waals surface area contributed by atoms with E-state index in [1.54, 1.807) is 0 Å². The molecule has 0 spiro atoms. The van der Waals surface area contributed by atoms with Gasteiger partial charge in [-0.1, -0.05) is 97.5 Å². The molecule has 0 saturated carbocycles. The first-order chi connectivity index (χ1) is 12.2. The first-order valence-corrected chi connectivity index (χ1v) is 9.56. The second kappa shape index (κ2) is 6.37. The van der Waals surface area contributed by atoms with Gasteiger partial charge in [0.2, 0.25) is 0 Å². The summed E-state index contributed by atoms with van der Waals surface area (Å²) < 4.78 is 0. The Kier molecular flexibility index (Phi) is 4.58. The number of rotatable bonds is 0. The Morgan fingerprint density at radius 2 is 0.704 bits per heavy atom. The summed E-state index contributed by atoms with van der Waals surface area (Å²) in [5.74, 6) is 0. The van der Waals surface area contributed by atoms with E-state index >= 15 is 0 Å². The van der Waals surface area contributed by atoms with Crippen LogP contribution >= 0.6 is 0 Å². The molecule has 0 heteroatoms. The van der Waals surface area contributed by atoms with Gasteiger partial charge in [-0.3, -0.25) is 0 Å². The van der Waals surface area contributed by atoms with Crippen molar-refractivity contribution >= 4 is 32.3 Å². The molecule has 4 aromatic rings.